The Kier molecular flexibility index (Phi) is 5.69. The Morgan fingerprint density at radius 1 is 1.14 bits per heavy atom. The van der Waals surface area contributed by atoms with Gasteiger partial charge in [-0.3, -0.25) is 9.69 Å². The summed E-state index contributed by atoms with van der Waals surface area (Å²) in [5, 5.41) is 7.06. The number of nitrogens with zero attached hydrogens (tertiary/aromatic N) is 2. The number of nitrogens with one attached hydrogen (secondary N) is 1. The molecule has 118 valence electrons. The van der Waals surface area contributed by atoms with Gasteiger partial charge < -0.3 is 10.3 Å². The SMILES string of the molecule is CCCCN1C(=O)N(CCCC=N)C(=O)C1c1ccccc1. The summed E-state index contributed by atoms with van der Waals surface area (Å²) in [6.45, 7) is 3.06. The molecule has 1 aliphatic rings. The number of hydrogen-bond acceptors (Lipinski definition) is 3. The summed E-state index contributed by atoms with van der Waals surface area (Å²) in [5.74, 6) is -0.141. The van der Waals surface area contributed by atoms with Gasteiger partial charge in [0.15, 0.2) is 0 Å². The zero-order chi connectivity index (χ0) is 15.9. The molecule has 22 heavy (non-hydrogen) atoms. The van der Waals surface area contributed by atoms with Crippen LogP contribution in [0.25, 0.3) is 0 Å². The van der Waals surface area contributed by atoms with Crippen LogP contribution in [0.3, 0.4) is 0 Å². The third-order valence-electron chi connectivity index (χ3n) is 3.89. The number of imide groups is 1. The molecule has 1 atom stereocenters. The van der Waals surface area contributed by atoms with E-state index < -0.39 is 6.04 Å². The van der Waals surface area contributed by atoms with E-state index in [1.165, 1.54) is 11.1 Å². The maximum absolute atomic E-state index is 12.7. The van der Waals surface area contributed by atoms with Crippen molar-refractivity contribution in [3.05, 3.63) is 35.9 Å². The molecule has 1 heterocycles. The number of carbonyl (C=O) groups excluding carboxylic acids is 2. The number of urea groups is 1. The number of amides is 3. The molecular formula is C17H23N3O2. The summed E-state index contributed by atoms with van der Waals surface area (Å²) in [7, 11) is 0. The molecule has 5 nitrogen and oxygen atoms in total. The van der Waals surface area contributed by atoms with Crippen LogP contribution in [-0.2, 0) is 4.79 Å². The fraction of sp³-hybridized carbons (Fsp3) is 0.471. The summed E-state index contributed by atoms with van der Waals surface area (Å²) < 4.78 is 0. The molecule has 0 bridgehead atoms. The predicted molar refractivity (Wildman–Crippen MR) is 85.9 cm³/mol. The molecule has 0 spiro atoms. The minimum atomic E-state index is -0.500. The number of rotatable bonds is 8. The van der Waals surface area contributed by atoms with Crippen molar-refractivity contribution < 1.29 is 9.59 Å². The molecule has 1 aromatic carbocycles. The second-order valence-corrected chi connectivity index (χ2v) is 5.48. The second-order valence-electron chi connectivity index (χ2n) is 5.48. The Balaban J connectivity index is 2.22. The first-order valence-electron chi connectivity index (χ1n) is 7.86. The fourth-order valence-corrected chi connectivity index (χ4v) is 2.71. The molecule has 3 amide bonds. The molecule has 5 heteroatoms. The van der Waals surface area contributed by atoms with Crippen LogP contribution in [0, 0.1) is 5.41 Å². The van der Waals surface area contributed by atoms with Crippen LogP contribution in [0.1, 0.15) is 44.2 Å². The van der Waals surface area contributed by atoms with Gasteiger partial charge in [0, 0.05) is 13.1 Å². The minimum Gasteiger partial charge on any atom is -0.313 e. The standard InChI is InChI=1S/C17H23N3O2/c1-2-3-12-19-15(14-9-5-4-6-10-14)16(21)20(17(19)22)13-8-7-11-18/h4-6,9-11,15,18H,2-3,7-8,12-13H2,1H3. The molecule has 1 aromatic rings. The smallest absolute Gasteiger partial charge is 0.313 e. The second kappa shape index (κ2) is 7.73. The van der Waals surface area contributed by atoms with Gasteiger partial charge in [0.25, 0.3) is 5.91 Å². The highest BCUT2D eigenvalue weighted by Crippen LogP contribution is 2.31. The predicted octanol–water partition coefficient (Wildman–Crippen LogP) is 3.22. The van der Waals surface area contributed by atoms with Crippen molar-refractivity contribution in [1.82, 2.24) is 9.80 Å². The zero-order valence-corrected chi connectivity index (χ0v) is 13.0. The van der Waals surface area contributed by atoms with E-state index in [0.29, 0.717) is 25.9 Å². The highest BCUT2D eigenvalue weighted by molar-refractivity contribution is 6.04. The third-order valence-corrected chi connectivity index (χ3v) is 3.89. The average Bonchev–Trinajstić information content (AvgIpc) is 2.78. The van der Waals surface area contributed by atoms with Crippen molar-refractivity contribution in [2.45, 2.75) is 38.6 Å². The summed E-state index contributed by atoms with van der Waals surface area (Å²) in [6.07, 6.45) is 4.41. The first-order chi connectivity index (χ1) is 10.7. The highest BCUT2D eigenvalue weighted by Gasteiger charge is 2.44. The van der Waals surface area contributed by atoms with E-state index in [1.54, 1.807) is 4.90 Å². The molecule has 1 N–H and O–H groups in total. The Labute approximate surface area is 131 Å². The molecule has 1 aliphatic heterocycles. The first-order valence-corrected chi connectivity index (χ1v) is 7.86. The Morgan fingerprint density at radius 2 is 1.86 bits per heavy atom. The molecule has 0 saturated carbocycles. The van der Waals surface area contributed by atoms with Crippen molar-refractivity contribution in [2.24, 2.45) is 0 Å². The van der Waals surface area contributed by atoms with Crippen molar-refractivity contribution in [2.75, 3.05) is 13.1 Å². The number of hydrogen-bond donors (Lipinski definition) is 1. The summed E-state index contributed by atoms with van der Waals surface area (Å²) >= 11 is 0. The van der Waals surface area contributed by atoms with Gasteiger partial charge in [0.1, 0.15) is 6.04 Å². The van der Waals surface area contributed by atoms with Crippen LogP contribution in [-0.4, -0.2) is 41.0 Å². The van der Waals surface area contributed by atoms with Gasteiger partial charge in [-0.15, -0.1) is 0 Å². The number of unbranched alkanes of at least 4 members (excludes halogenated alkanes) is 2. The largest absolute Gasteiger partial charge is 0.327 e. The van der Waals surface area contributed by atoms with Crippen molar-refractivity contribution in [1.29, 1.82) is 5.41 Å². The fourth-order valence-electron chi connectivity index (χ4n) is 2.71. The molecule has 2 rings (SSSR count). The van der Waals surface area contributed by atoms with Gasteiger partial charge in [-0.1, -0.05) is 43.7 Å². The molecule has 0 aliphatic carbocycles. The first kappa shape index (κ1) is 16.2. The van der Waals surface area contributed by atoms with E-state index in [1.807, 2.05) is 30.3 Å². The van der Waals surface area contributed by atoms with Crippen LogP contribution < -0.4 is 0 Å². The van der Waals surface area contributed by atoms with E-state index in [9.17, 15) is 9.59 Å². The Hall–Kier alpha value is -2.17. The highest BCUT2D eigenvalue weighted by atomic mass is 16.2. The molecule has 1 fully saturated rings. The maximum Gasteiger partial charge on any atom is 0.327 e. The number of carbonyl (C=O) groups is 2. The normalized spacial score (nSPS) is 18.1. The van der Waals surface area contributed by atoms with Crippen LogP contribution in [0.15, 0.2) is 30.3 Å². The third kappa shape index (κ3) is 3.35. The van der Waals surface area contributed by atoms with Crippen LogP contribution in [0.4, 0.5) is 4.79 Å². The summed E-state index contributed by atoms with van der Waals surface area (Å²) in [4.78, 5) is 28.3. The lowest BCUT2D eigenvalue weighted by Crippen LogP contribution is -2.34. The van der Waals surface area contributed by atoms with E-state index in [2.05, 4.69) is 6.92 Å². The Morgan fingerprint density at radius 3 is 2.50 bits per heavy atom. The zero-order valence-electron chi connectivity index (χ0n) is 13.0. The van der Waals surface area contributed by atoms with Gasteiger partial charge >= 0.3 is 6.03 Å². The molecule has 0 aromatic heterocycles. The van der Waals surface area contributed by atoms with E-state index >= 15 is 0 Å². The van der Waals surface area contributed by atoms with Gasteiger partial charge in [0.2, 0.25) is 0 Å². The lowest BCUT2D eigenvalue weighted by Gasteiger charge is -2.21. The monoisotopic (exact) mass is 301 g/mol. The van der Waals surface area contributed by atoms with Gasteiger partial charge in [-0.05, 0) is 31.0 Å². The lowest BCUT2D eigenvalue weighted by atomic mass is 10.1. The van der Waals surface area contributed by atoms with Gasteiger partial charge in [-0.25, -0.2) is 4.79 Å². The quantitative estimate of drug-likeness (QED) is 0.455. The van der Waals surface area contributed by atoms with E-state index in [0.717, 1.165) is 18.4 Å². The van der Waals surface area contributed by atoms with E-state index in [-0.39, 0.29) is 11.9 Å². The molecular weight excluding hydrogens is 278 g/mol. The topological polar surface area (TPSA) is 64.5 Å². The number of benzene rings is 1. The van der Waals surface area contributed by atoms with Crippen molar-refractivity contribution in [3.8, 4) is 0 Å². The van der Waals surface area contributed by atoms with Crippen LogP contribution in [0.5, 0.6) is 0 Å². The van der Waals surface area contributed by atoms with Crippen molar-refractivity contribution >= 4 is 18.2 Å². The van der Waals surface area contributed by atoms with Gasteiger partial charge in [0.05, 0.1) is 0 Å². The summed E-state index contributed by atoms with van der Waals surface area (Å²) in [6, 6.07) is 8.79. The summed E-state index contributed by atoms with van der Waals surface area (Å²) in [5.41, 5.74) is 0.867. The molecule has 1 saturated heterocycles. The lowest BCUT2D eigenvalue weighted by molar-refractivity contribution is -0.128. The van der Waals surface area contributed by atoms with Crippen LogP contribution in [0.2, 0.25) is 0 Å². The Bertz CT molecular complexity index is 530. The average molecular weight is 301 g/mol. The van der Waals surface area contributed by atoms with Gasteiger partial charge in [-0.2, -0.15) is 0 Å². The maximum atomic E-state index is 12.7. The van der Waals surface area contributed by atoms with E-state index in [4.69, 9.17) is 5.41 Å². The van der Waals surface area contributed by atoms with Crippen LogP contribution >= 0.6 is 0 Å². The molecule has 0 radical (unpaired) electrons. The molecule has 1 unspecified atom stereocenters. The van der Waals surface area contributed by atoms with Crippen molar-refractivity contribution in [3.63, 3.8) is 0 Å². The minimum absolute atomic E-state index is 0.141.